The molecule has 0 fully saturated rings. The molecule has 0 bridgehead atoms. The molecule has 0 N–H and O–H groups in total. The van der Waals surface area contributed by atoms with E-state index in [2.05, 4.69) is 9.98 Å². The maximum Gasteiger partial charge on any atom is 0.200 e. The summed E-state index contributed by atoms with van der Waals surface area (Å²) in [5.74, 6) is -21.6. The zero-order chi connectivity index (χ0) is 32.9. The molecule has 46 heavy (non-hydrogen) atoms. The highest BCUT2D eigenvalue weighted by Crippen LogP contribution is 2.46. The summed E-state index contributed by atoms with van der Waals surface area (Å²) < 4.78 is 141. The van der Waals surface area contributed by atoms with Gasteiger partial charge in [0.1, 0.15) is 0 Å². The van der Waals surface area contributed by atoms with Crippen molar-refractivity contribution < 1.29 is 43.9 Å². The van der Waals surface area contributed by atoms with Gasteiger partial charge in [-0.25, -0.2) is 43.9 Å². The van der Waals surface area contributed by atoms with Gasteiger partial charge in [-0.1, -0.05) is 36.4 Å². The van der Waals surface area contributed by atoms with Gasteiger partial charge in [-0.05, 0) is 59.7 Å². The Morgan fingerprint density at radius 3 is 1.48 bits per heavy atom. The number of hydrogen-bond acceptors (Lipinski definition) is 2. The molecule has 0 saturated carbocycles. The molecule has 0 unspecified atom stereocenters. The van der Waals surface area contributed by atoms with Gasteiger partial charge in [0.25, 0.3) is 0 Å². The fourth-order valence-corrected chi connectivity index (χ4v) is 5.57. The van der Waals surface area contributed by atoms with Crippen LogP contribution >= 0.6 is 0 Å². The monoisotopic (exact) mass is 644 g/mol. The van der Waals surface area contributed by atoms with Crippen molar-refractivity contribution in [3.8, 4) is 11.1 Å². The van der Waals surface area contributed by atoms with E-state index < -0.39 is 69.3 Å². The molecule has 2 nitrogen and oxygen atoms in total. The Morgan fingerprint density at radius 2 is 0.913 bits per heavy atom. The average molecular weight is 645 g/mol. The van der Waals surface area contributed by atoms with Crippen LogP contribution in [0.25, 0.3) is 21.9 Å². The van der Waals surface area contributed by atoms with Crippen LogP contribution in [0, 0.1) is 58.2 Å². The fourth-order valence-electron chi connectivity index (χ4n) is 5.57. The maximum absolute atomic E-state index is 14.5. The summed E-state index contributed by atoms with van der Waals surface area (Å²) in [5, 5.41) is 1.16. The zero-order valence-corrected chi connectivity index (χ0v) is 23.3. The number of rotatable bonds is 5. The molecular formula is C34H18F10N2. The van der Waals surface area contributed by atoms with E-state index in [1.165, 1.54) is 12.1 Å². The van der Waals surface area contributed by atoms with Gasteiger partial charge in [-0.15, -0.1) is 0 Å². The highest BCUT2D eigenvalue weighted by Gasteiger charge is 2.27. The first-order chi connectivity index (χ1) is 22.0. The first-order valence-corrected chi connectivity index (χ1v) is 13.8. The van der Waals surface area contributed by atoms with Gasteiger partial charge in [0.2, 0.25) is 11.6 Å². The lowest BCUT2D eigenvalue weighted by molar-refractivity contribution is 0.377. The SMILES string of the molecule is Fc1c(F)c(F)c(C=Nc2ccc3c(c2-c2c(N=Cc4c(F)c(F)c(F)c(F)c4F)ccc4ccccc24)CCCC3)c(F)c1F. The summed E-state index contributed by atoms with van der Waals surface area (Å²) in [6.07, 6.45) is 3.68. The van der Waals surface area contributed by atoms with Gasteiger partial charge < -0.3 is 0 Å². The van der Waals surface area contributed by atoms with E-state index in [1.807, 2.05) is 0 Å². The number of aryl methyl sites for hydroxylation is 1. The minimum Gasteiger partial charge on any atom is -0.255 e. The number of fused-ring (bicyclic) bond motifs is 2. The Bertz CT molecular complexity index is 2060. The molecule has 234 valence electrons. The van der Waals surface area contributed by atoms with E-state index in [4.69, 9.17) is 0 Å². The van der Waals surface area contributed by atoms with Crippen LogP contribution in [0.2, 0.25) is 0 Å². The Hall–Kier alpha value is -5.00. The van der Waals surface area contributed by atoms with E-state index in [-0.39, 0.29) is 11.4 Å². The lowest BCUT2D eigenvalue weighted by Gasteiger charge is -2.23. The summed E-state index contributed by atoms with van der Waals surface area (Å²) in [4.78, 5) is 8.28. The van der Waals surface area contributed by atoms with Gasteiger partial charge in [0, 0.05) is 23.6 Å². The van der Waals surface area contributed by atoms with Gasteiger partial charge >= 0.3 is 0 Å². The highest BCUT2D eigenvalue weighted by atomic mass is 19.2. The Morgan fingerprint density at radius 1 is 0.457 bits per heavy atom. The lowest BCUT2D eigenvalue weighted by Crippen LogP contribution is -2.07. The number of nitrogens with zero attached hydrogens (tertiary/aromatic N) is 2. The summed E-state index contributed by atoms with van der Waals surface area (Å²) in [7, 11) is 0. The van der Waals surface area contributed by atoms with Gasteiger partial charge in [-0.2, -0.15) is 0 Å². The molecule has 0 atom stereocenters. The minimum absolute atomic E-state index is 0.00861. The Labute approximate surface area is 254 Å². The predicted molar refractivity (Wildman–Crippen MR) is 153 cm³/mol. The smallest absolute Gasteiger partial charge is 0.200 e. The van der Waals surface area contributed by atoms with E-state index in [0.717, 1.165) is 24.0 Å². The van der Waals surface area contributed by atoms with Crippen LogP contribution in [0.15, 0.2) is 58.5 Å². The van der Waals surface area contributed by atoms with E-state index >= 15 is 0 Å². The van der Waals surface area contributed by atoms with E-state index in [1.54, 1.807) is 36.4 Å². The molecule has 0 aromatic heterocycles. The highest BCUT2D eigenvalue weighted by molar-refractivity contribution is 6.06. The molecule has 0 aliphatic heterocycles. The van der Waals surface area contributed by atoms with Crippen molar-refractivity contribution in [3.05, 3.63) is 129 Å². The van der Waals surface area contributed by atoms with Crippen LogP contribution in [0.3, 0.4) is 0 Å². The molecule has 0 radical (unpaired) electrons. The Balaban J connectivity index is 1.62. The standard InChI is InChI=1S/C34H18F10N2/c35-25-19(26(36)30(40)33(43)29(25)39)13-45-21-11-9-15-5-1-3-7-17(15)23(21)24-18-8-4-2-6-16(18)10-12-22(24)46-14-20-27(37)31(41)34(44)32(42)28(20)38/h1,3,5,7,9-14H,2,4,6,8H2. The first-order valence-electron chi connectivity index (χ1n) is 13.8. The molecular weight excluding hydrogens is 626 g/mol. The van der Waals surface area contributed by atoms with Crippen LogP contribution in [0.5, 0.6) is 0 Å². The third-order valence-corrected chi connectivity index (χ3v) is 7.82. The lowest BCUT2D eigenvalue weighted by atomic mass is 9.83. The van der Waals surface area contributed by atoms with Gasteiger partial charge in [0.15, 0.2) is 46.5 Å². The number of aliphatic imine (C=N–C) groups is 2. The minimum atomic E-state index is -2.33. The average Bonchev–Trinajstić information content (AvgIpc) is 3.07. The van der Waals surface area contributed by atoms with Crippen LogP contribution in [0.4, 0.5) is 55.3 Å². The summed E-state index contributed by atoms with van der Waals surface area (Å²) in [6.45, 7) is 0. The largest absolute Gasteiger partial charge is 0.255 e. The molecule has 12 heteroatoms. The van der Waals surface area contributed by atoms with Crippen molar-refractivity contribution in [2.75, 3.05) is 0 Å². The molecule has 1 aliphatic carbocycles. The summed E-state index contributed by atoms with van der Waals surface area (Å²) in [5.41, 5.74) is -0.276. The normalized spacial score (nSPS) is 13.3. The fraction of sp³-hybridized carbons (Fsp3) is 0.118. The maximum atomic E-state index is 14.5. The van der Waals surface area contributed by atoms with E-state index in [9.17, 15) is 43.9 Å². The predicted octanol–water partition coefficient (Wildman–Crippen LogP) is 10.3. The van der Waals surface area contributed by atoms with Crippen molar-refractivity contribution in [3.63, 3.8) is 0 Å². The molecule has 0 saturated heterocycles. The quantitative estimate of drug-likeness (QED) is 0.0788. The van der Waals surface area contributed by atoms with Crippen LogP contribution in [-0.2, 0) is 12.8 Å². The van der Waals surface area contributed by atoms with Gasteiger partial charge in [-0.3, -0.25) is 9.98 Å². The topological polar surface area (TPSA) is 24.7 Å². The van der Waals surface area contributed by atoms with Crippen molar-refractivity contribution in [2.24, 2.45) is 9.98 Å². The second-order valence-electron chi connectivity index (χ2n) is 10.5. The number of benzene rings is 5. The second-order valence-corrected chi connectivity index (χ2v) is 10.5. The van der Waals surface area contributed by atoms with Gasteiger partial charge in [0.05, 0.1) is 22.5 Å². The molecule has 0 spiro atoms. The number of hydrogen-bond donors (Lipinski definition) is 0. The molecule has 6 rings (SSSR count). The Kier molecular flexibility index (Phi) is 8.13. The molecule has 0 heterocycles. The van der Waals surface area contributed by atoms with Crippen molar-refractivity contribution in [1.82, 2.24) is 0 Å². The summed E-state index contributed by atoms with van der Waals surface area (Å²) in [6, 6.07) is 13.1. The third-order valence-electron chi connectivity index (χ3n) is 7.82. The summed E-state index contributed by atoms with van der Waals surface area (Å²) >= 11 is 0. The third kappa shape index (κ3) is 5.11. The van der Waals surface area contributed by atoms with Crippen LogP contribution < -0.4 is 0 Å². The zero-order valence-electron chi connectivity index (χ0n) is 23.3. The molecule has 5 aromatic carbocycles. The first kappa shape index (κ1) is 31.0. The second kappa shape index (κ2) is 12.1. The molecule has 0 amide bonds. The number of halogens is 10. The van der Waals surface area contributed by atoms with Crippen molar-refractivity contribution in [1.29, 1.82) is 0 Å². The molecule has 5 aromatic rings. The van der Waals surface area contributed by atoms with E-state index in [0.29, 0.717) is 47.2 Å². The molecule has 1 aliphatic rings. The van der Waals surface area contributed by atoms with Crippen molar-refractivity contribution >= 4 is 34.6 Å². The van der Waals surface area contributed by atoms with Crippen LogP contribution in [0.1, 0.15) is 35.1 Å². The van der Waals surface area contributed by atoms with Crippen LogP contribution in [-0.4, -0.2) is 12.4 Å². The van der Waals surface area contributed by atoms with Crippen molar-refractivity contribution in [2.45, 2.75) is 25.7 Å².